The number of para-hydroxylation sites is 1. The number of rotatable bonds is 1. The van der Waals surface area contributed by atoms with Crippen molar-refractivity contribution in [1.29, 1.82) is 0 Å². The lowest BCUT2D eigenvalue weighted by molar-refractivity contribution is 0.475. The minimum Gasteiger partial charge on any atom is -0.508 e. The summed E-state index contributed by atoms with van der Waals surface area (Å²) in [6.07, 6.45) is 0. The predicted molar refractivity (Wildman–Crippen MR) is 68.1 cm³/mol. The fourth-order valence-electron chi connectivity index (χ4n) is 2.15. The molecule has 0 radical (unpaired) electrons. The standard InChI is InChI=1S/C15H12O2/c1-10-15(11-6-8-12(16)9-7-11)13-4-2-3-5-14(13)17-10/h2-9,16H,1H3. The maximum atomic E-state index is 9.31. The zero-order chi connectivity index (χ0) is 11.8. The minimum atomic E-state index is 0.277. The molecule has 3 rings (SSSR count). The first-order valence-corrected chi connectivity index (χ1v) is 5.53. The topological polar surface area (TPSA) is 33.4 Å². The largest absolute Gasteiger partial charge is 0.508 e. The van der Waals surface area contributed by atoms with E-state index in [2.05, 4.69) is 0 Å². The summed E-state index contributed by atoms with van der Waals surface area (Å²) >= 11 is 0. The second-order valence-electron chi connectivity index (χ2n) is 4.08. The first-order valence-electron chi connectivity index (χ1n) is 5.53. The highest BCUT2D eigenvalue weighted by Gasteiger charge is 2.11. The molecule has 2 aromatic carbocycles. The predicted octanol–water partition coefficient (Wildman–Crippen LogP) is 4.11. The van der Waals surface area contributed by atoms with E-state index in [1.165, 1.54) is 0 Å². The van der Waals surface area contributed by atoms with E-state index >= 15 is 0 Å². The fourth-order valence-corrected chi connectivity index (χ4v) is 2.15. The number of aromatic hydroxyl groups is 1. The van der Waals surface area contributed by atoms with Crippen LogP contribution in [0.25, 0.3) is 22.1 Å². The van der Waals surface area contributed by atoms with Crippen molar-refractivity contribution in [3.63, 3.8) is 0 Å². The summed E-state index contributed by atoms with van der Waals surface area (Å²) in [6.45, 7) is 1.96. The van der Waals surface area contributed by atoms with Gasteiger partial charge in [0.2, 0.25) is 0 Å². The maximum absolute atomic E-state index is 9.31. The lowest BCUT2D eigenvalue weighted by atomic mass is 10.0. The van der Waals surface area contributed by atoms with Crippen molar-refractivity contribution in [1.82, 2.24) is 0 Å². The summed E-state index contributed by atoms with van der Waals surface area (Å²) < 4.78 is 5.72. The Morgan fingerprint density at radius 3 is 2.41 bits per heavy atom. The van der Waals surface area contributed by atoms with Gasteiger partial charge >= 0.3 is 0 Å². The third kappa shape index (κ3) is 1.58. The summed E-state index contributed by atoms with van der Waals surface area (Å²) in [7, 11) is 0. The number of aryl methyl sites for hydroxylation is 1. The second kappa shape index (κ2) is 3.67. The number of phenolic OH excluding ortho intramolecular Hbond substituents is 1. The molecule has 3 aromatic rings. The van der Waals surface area contributed by atoms with Crippen molar-refractivity contribution >= 4 is 11.0 Å². The Labute approximate surface area is 99.1 Å². The van der Waals surface area contributed by atoms with Gasteiger partial charge in [0.1, 0.15) is 17.1 Å². The van der Waals surface area contributed by atoms with E-state index in [0.717, 1.165) is 27.9 Å². The van der Waals surface area contributed by atoms with Crippen molar-refractivity contribution in [3.05, 3.63) is 54.3 Å². The molecule has 1 heterocycles. The van der Waals surface area contributed by atoms with Crippen molar-refractivity contribution in [2.75, 3.05) is 0 Å². The summed E-state index contributed by atoms with van der Waals surface area (Å²) in [5.41, 5.74) is 3.05. The van der Waals surface area contributed by atoms with E-state index in [9.17, 15) is 5.11 Å². The van der Waals surface area contributed by atoms with Crippen LogP contribution in [0.4, 0.5) is 0 Å². The molecule has 0 amide bonds. The van der Waals surface area contributed by atoms with Crippen LogP contribution in [0, 0.1) is 6.92 Å². The smallest absolute Gasteiger partial charge is 0.134 e. The molecule has 2 heteroatoms. The number of furan rings is 1. The maximum Gasteiger partial charge on any atom is 0.134 e. The highest BCUT2D eigenvalue weighted by Crippen LogP contribution is 2.34. The molecule has 17 heavy (non-hydrogen) atoms. The monoisotopic (exact) mass is 224 g/mol. The molecular formula is C15H12O2. The van der Waals surface area contributed by atoms with E-state index in [4.69, 9.17) is 4.42 Å². The molecule has 0 unspecified atom stereocenters. The molecule has 1 N–H and O–H groups in total. The molecule has 0 aliphatic carbocycles. The normalized spacial score (nSPS) is 10.9. The molecule has 1 aromatic heterocycles. The highest BCUT2D eigenvalue weighted by atomic mass is 16.3. The Hall–Kier alpha value is -2.22. The first-order chi connectivity index (χ1) is 8.25. The zero-order valence-electron chi connectivity index (χ0n) is 9.47. The van der Waals surface area contributed by atoms with Gasteiger partial charge in [-0.05, 0) is 30.7 Å². The summed E-state index contributed by atoms with van der Waals surface area (Å²) in [5.74, 6) is 1.18. The third-order valence-electron chi connectivity index (χ3n) is 2.93. The molecule has 2 nitrogen and oxygen atoms in total. The van der Waals surface area contributed by atoms with Gasteiger partial charge in [-0.25, -0.2) is 0 Å². The number of benzene rings is 2. The van der Waals surface area contributed by atoms with Gasteiger partial charge in [0.25, 0.3) is 0 Å². The molecule has 84 valence electrons. The highest BCUT2D eigenvalue weighted by molar-refractivity contribution is 5.95. The quantitative estimate of drug-likeness (QED) is 0.674. The number of phenols is 1. The van der Waals surface area contributed by atoms with Crippen molar-refractivity contribution in [3.8, 4) is 16.9 Å². The van der Waals surface area contributed by atoms with Crippen LogP contribution in [-0.2, 0) is 0 Å². The SMILES string of the molecule is Cc1oc2ccccc2c1-c1ccc(O)cc1. The second-order valence-corrected chi connectivity index (χ2v) is 4.08. The average Bonchev–Trinajstić information content (AvgIpc) is 2.66. The van der Waals surface area contributed by atoms with Gasteiger partial charge in [-0.3, -0.25) is 0 Å². The summed E-state index contributed by atoms with van der Waals surface area (Å²) in [5, 5.41) is 10.4. The fraction of sp³-hybridized carbons (Fsp3) is 0.0667. The molecule has 0 atom stereocenters. The number of fused-ring (bicyclic) bond motifs is 1. The Morgan fingerprint density at radius 2 is 1.65 bits per heavy atom. The van der Waals surface area contributed by atoms with Crippen LogP contribution >= 0.6 is 0 Å². The van der Waals surface area contributed by atoms with Gasteiger partial charge in [-0.15, -0.1) is 0 Å². The minimum absolute atomic E-state index is 0.277. The van der Waals surface area contributed by atoms with Crippen LogP contribution < -0.4 is 0 Å². The van der Waals surface area contributed by atoms with Crippen LogP contribution in [-0.4, -0.2) is 5.11 Å². The third-order valence-corrected chi connectivity index (χ3v) is 2.93. The lowest BCUT2D eigenvalue weighted by Crippen LogP contribution is -1.77. The van der Waals surface area contributed by atoms with Crippen LogP contribution in [0.3, 0.4) is 0 Å². The van der Waals surface area contributed by atoms with Gasteiger partial charge < -0.3 is 9.52 Å². The summed E-state index contributed by atoms with van der Waals surface area (Å²) in [4.78, 5) is 0. The van der Waals surface area contributed by atoms with Gasteiger partial charge in [-0.2, -0.15) is 0 Å². The first kappa shape index (κ1) is 9.97. The van der Waals surface area contributed by atoms with Gasteiger partial charge in [0.15, 0.2) is 0 Å². The lowest BCUT2D eigenvalue weighted by Gasteiger charge is -2.00. The van der Waals surface area contributed by atoms with Crippen molar-refractivity contribution in [2.24, 2.45) is 0 Å². The molecule has 0 spiro atoms. The van der Waals surface area contributed by atoms with E-state index < -0.39 is 0 Å². The Morgan fingerprint density at radius 1 is 0.941 bits per heavy atom. The van der Waals surface area contributed by atoms with Gasteiger partial charge in [-0.1, -0.05) is 30.3 Å². The Kier molecular flexibility index (Phi) is 2.15. The molecule has 0 saturated heterocycles. The number of hydrogen-bond donors (Lipinski definition) is 1. The molecule has 0 fully saturated rings. The van der Waals surface area contributed by atoms with E-state index in [0.29, 0.717) is 0 Å². The van der Waals surface area contributed by atoms with E-state index in [-0.39, 0.29) is 5.75 Å². The Balaban J connectivity index is 2.29. The molecule has 0 aliphatic rings. The molecule has 0 saturated carbocycles. The molecule has 0 bridgehead atoms. The van der Waals surface area contributed by atoms with Gasteiger partial charge in [0, 0.05) is 10.9 Å². The van der Waals surface area contributed by atoms with Crippen molar-refractivity contribution < 1.29 is 9.52 Å². The summed E-state index contributed by atoms with van der Waals surface area (Å²) in [6, 6.07) is 15.2. The van der Waals surface area contributed by atoms with E-state index in [1.54, 1.807) is 12.1 Å². The van der Waals surface area contributed by atoms with Crippen molar-refractivity contribution in [2.45, 2.75) is 6.92 Å². The molecule has 0 aliphatic heterocycles. The van der Waals surface area contributed by atoms with E-state index in [1.807, 2.05) is 43.3 Å². The van der Waals surface area contributed by atoms with Crippen LogP contribution in [0.5, 0.6) is 5.75 Å². The van der Waals surface area contributed by atoms with Gasteiger partial charge in [0.05, 0.1) is 0 Å². The molecular weight excluding hydrogens is 212 g/mol. The Bertz CT molecular complexity index is 663. The zero-order valence-corrected chi connectivity index (χ0v) is 9.47. The van der Waals surface area contributed by atoms with Crippen LogP contribution in [0.2, 0.25) is 0 Å². The number of hydrogen-bond acceptors (Lipinski definition) is 2. The average molecular weight is 224 g/mol. The van der Waals surface area contributed by atoms with Crippen LogP contribution in [0.15, 0.2) is 52.9 Å². The van der Waals surface area contributed by atoms with Crippen LogP contribution in [0.1, 0.15) is 5.76 Å².